The van der Waals surface area contributed by atoms with Crippen molar-refractivity contribution in [1.82, 2.24) is 15.1 Å². The lowest BCUT2D eigenvalue weighted by atomic mass is 9.88. The van der Waals surface area contributed by atoms with Gasteiger partial charge >= 0.3 is 0 Å². The Balaban J connectivity index is 1.28. The molecule has 0 saturated carbocycles. The van der Waals surface area contributed by atoms with E-state index in [4.69, 9.17) is 9.47 Å². The molecule has 0 bridgehead atoms. The van der Waals surface area contributed by atoms with Gasteiger partial charge in [-0.1, -0.05) is 0 Å². The van der Waals surface area contributed by atoms with Gasteiger partial charge in [-0.3, -0.25) is 14.4 Å². The molecule has 0 spiro atoms. The molecule has 184 valence electrons. The Morgan fingerprint density at radius 1 is 0.857 bits per heavy atom. The first kappa shape index (κ1) is 23.1. The minimum atomic E-state index is -0.672. The smallest absolute Gasteiger partial charge is 0.253 e. The maximum Gasteiger partial charge on any atom is 0.253 e. The van der Waals surface area contributed by atoms with Crippen LogP contribution in [-0.2, 0) is 4.79 Å². The molecule has 2 aromatic rings. The van der Waals surface area contributed by atoms with Gasteiger partial charge in [0.25, 0.3) is 11.8 Å². The topological polar surface area (TPSA) is 88.2 Å². The molecule has 0 radical (unpaired) electrons. The van der Waals surface area contributed by atoms with Crippen molar-refractivity contribution >= 4 is 17.7 Å². The van der Waals surface area contributed by atoms with Crippen LogP contribution in [0.2, 0.25) is 0 Å². The Hall–Kier alpha value is -3.62. The van der Waals surface area contributed by atoms with Crippen molar-refractivity contribution in [2.75, 3.05) is 33.0 Å². The molecule has 1 N–H and O–H groups in total. The molecule has 2 saturated heterocycles. The molecule has 9 heteroatoms. The third kappa shape index (κ3) is 4.94. The molecule has 1 unspecified atom stereocenters. The zero-order valence-electron chi connectivity index (χ0n) is 19.4. The fraction of sp³-hybridized carbons (Fsp3) is 0.423. The van der Waals surface area contributed by atoms with Crippen LogP contribution in [0.5, 0.6) is 11.5 Å². The number of carbonyl (C=O) groups excluding carboxylic acids is 3. The number of benzene rings is 2. The monoisotopic (exact) mass is 481 g/mol. The summed E-state index contributed by atoms with van der Waals surface area (Å²) in [6.07, 6.45) is 3.08. The Kier molecular flexibility index (Phi) is 6.57. The van der Waals surface area contributed by atoms with E-state index in [0.29, 0.717) is 61.6 Å². The highest BCUT2D eigenvalue weighted by Crippen LogP contribution is 2.33. The van der Waals surface area contributed by atoms with E-state index in [9.17, 15) is 18.8 Å². The number of hydrogen-bond donors (Lipinski definition) is 1. The lowest BCUT2D eigenvalue weighted by Crippen LogP contribution is -2.54. The molecule has 35 heavy (non-hydrogen) atoms. The average Bonchev–Trinajstić information content (AvgIpc) is 3.59. The lowest BCUT2D eigenvalue weighted by molar-refractivity contribution is -0.134. The molecule has 3 amide bonds. The second-order valence-corrected chi connectivity index (χ2v) is 9.19. The Morgan fingerprint density at radius 3 is 2.23 bits per heavy atom. The normalized spacial score (nSPS) is 18.4. The molecular weight excluding hydrogens is 453 g/mol. The largest absolute Gasteiger partial charge is 0.454 e. The third-order valence-electron chi connectivity index (χ3n) is 6.99. The summed E-state index contributed by atoms with van der Waals surface area (Å²) >= 11 is 0. The van der Waals surface area contributed by atoms with Gasteiger partial charge in [-0.15, -0.1) is 0 Å². The second kappa shape index (κ2) is 9.93. The van der Waals surface area contributed by atoms with Gasteiger partial charge in [0.2, 0.25) is 12.7 Å². The van der Waals surface area contributed by atoms with Crippen LogP contribution < -0.4 is 14.8 Å². The van der Waals surface area contributed by atoms with Crippen LogP contribution in [0.1, 0.15) is 46.4 Å². The van der Waals surface area contributed by atoms with Gasteiger partial charge in [0.1, 0.15) is 11.9 Å². The summed E-state index contributed by atoms with van der Waals surface area (Å²) in [5, 5.41) is 2.98. The van der Waals surface area contributed by atoms with E-state index in [1.807, 2.05) is 4.90 Å². The summed E-state index contributed by atoms with van der Waals surface area (Å²) < 4.78 is 23.9. The Bertz CT molecular complexity index is 1110. The van der Waals surface area contributed by atoms with E-state index >= 15 is 0 Å². The van der Waals surface area contributed by atoms with Gasteiger partial charge in [0.15, 0.2) is 11.5 Å². The lowest BCUT2D eigenvalue weighted by Gasteiger charge is -2.37. The van der Waals surface area contributed by atoms with Crippen LogP contribution in [0, 0.1) is 11.7 Å². The fourth-order valence-corrected chi connectivity index (χ4v) is 4.99. The van der Waals surface area contributed by atoms with Gasteiger partial charge in [-0.2, -0.15) is 0 Å². The summed E-state index contributed by atoms with van der Waals surface area (Å²) in [6.45, 7) is 2.43. The maximum atomic E-state index is 13.4. The second-order valence-electron chi connectivity index (χ2n) is 9.19. The highest BCUT2D eigenvalue weighted by atomic mass is 19.1. The quantitative estimate of drug-likeness (QED) is 0.710. The predicted octanol–water partition coefficient (Wildman–Crippen LogP) is 2.83. The number of rotatable bonds is 5. The maximum absolute atomic E-state index is 13.4. The van der Waals surface area contributed by atoms with Crippen LogP contribution >= 0.6 is 0 Å². The van der Waals surface area contributed by atoms with Gasteiger partial charge in [-0.25, -0.2) is 4.39 Å². The molecular formula is C26H28FN3O5. The summed E-state index contributed by atoms with van der Waals surface area (Å²) in [4.78, 5) is 42.9. The SMILES string of the molecule is O=C(NC(C(=O)N1CCCC1)C1CCN(C(=O)c2ccc(F)cc2)CC1)c1ccc2c(c1)OCO2. The summed E-state index contributed by atoms with van der Waals surface area (Å²) in [5.74, 6) is 0.0398. The van der Waals surface area contributed by atoms with Crippen molar-refractivity contribution in [1.29, 1.82) is 0 Å². The van der Waals surface area contributed by atoms with E-state index < -0.39 is 6.04 Å². The number of fused-ring (bicyclic) bond motifs is 1. The predicted molar refractivity (Wildman–Crippen MR) is 125 cm³/mol. The van der Waals surface area contributed by atoms with E-state index in [2.05, 4.69) is 5.32 Å². The average molecular weight is 482 g/mol. The zero-order chi connectivity index (χ0) is 24.4. The third-order valence-corrected chi connectivity index (χ3v) is 6.99. The number of carbonyl (C=O) groups is 3. The number of amides is 3. The van der Waals surface area contributed by atoms with Crippen molar-refractivity contribution in [3.8, 4) is 11.5 Å². The number of likely N-dealkylation sites (tertiary alicyclic amines) is 2. The van der Waals surface area contributed by atoms with Crippen molar-refractivity contribution < 1.29 is 28.2 Å². The number of ether oxygens (including phenoxy) is 2. The van der Waals surface area contributed by atoms with Crippen LogP contribution in [-0.4, -0.2) is 66.5 Å². The summed E-state index contributed by atoms with van der Waals surface area (Å²) in [6, 6.07) is 9.81. The van der Waals surface area contributed by atoms with Crippen LogP contribution in [0.3, 0.4) is 0 Å². The van der Waals surface area contributed by atoms with E-state index in [-0.39, 0.29) is 36.2 Å². The van der Waals surface area contributed by atoms with Crippen LogP contribution in [0.15, 0.2) is 42.5 Å². The minimum Gasteiger partial charge on any atom is -0.454 e. The van der Waals surface area contributed by atoms with Crippen molar-refractivity contribution in [2.24, 2.45) is 5.92 Å². The molecule has 0 aliphatic carbocycles. The number of nitrogens with one attached hydrogen (secondary N) is 1. The van der Waals surface area contributed by atoms with Gasteiger partial charge in [-0.05, 0) is 74.1 Å². The van der Waals surface area contributed by atoms with Crippen molar-refractivity contribution in [2.45, 2.75) is 31.7 Å². The number of halogens is 1. The van der Waals surface area contributed by atoms with E-state index in [1.54, 1.807) is 23.1 Å². The molecule has 2 fully saturated rings. The van der Waals surface area contributed by atoms with E-state index in [1.165, 1.54) is 24.3 Å². The van der Waals surface area contributed by atoms with Gasteiger partial charge in [0, 0.05) is 37.3 Å². The molecule has 3 aliphatic rings. The standard InChI is InChI=1S/C26H28FN3O5/c27-20-6-3-18(4-7-20)25(32)30-13-9-17(10-14-30)23(26(33)29-11-1-2-12-29)28-24(31)19-5-8-21-22(15-19)35-16-34-21/h3-8,15,17,23H,1-2,9-14,16H2,(H,28,31). The number of hydrogen-bond acceptors (Lipinski definition) is 5. The summed E-state index contributed by atoms with van der Waals surface area (Å²) in [7, 11) is 0. The van der Waals surface area contributed by atoms with Crippen molar-refractivity contribution in [3.05, 3.63) is 59.4 Å². The summed E-state index contributed by atoms with van der Waals surface area (Å²) in [5.41, 5.74) is 0.836. The van der Waals surface area contributed by atoms with Crippen LogP contribution in [0.25, 0.3) is 0 Å². The minimum absolute atomic E-state index is 0.0695. The molecule has 5 rings (SSSR count). The molecule has 8 nitrogen and oxygen atoms in total. The molecule has 3 aliphatic heterocycles. The molecule has 0 aromatic heterocycles. The van der Waals surface area contributed by atoms with Crippen molar-refractivity contribution in [3.63, 3.8) is 0 Å². The Labute approximate surface area is 203 Å². The zero-order valence-corrected chi connectivity index (χ0v) is 19.4. The first-order valence-electron chi connectivity index (χ1n) is 12.0. The number of nitrogens with zero attached hydrogens (tertiary/aromatic N) is 2. The first-order chi connectivity index (χ1) is 17.0. The van der Waals surface area contributed by atoms with E-state index in [0.717, 1.165) is 12.8 Å². The highest BCUT2D eigenvalue weighted by Gasteiger charge is 2.37. The Morgan fingerprint density at radius 2 is 1.51 bits per heavy atom. The molecule has 2 aromatic carbocycles. The van der Waals surface area contributed by atoms with Crippen LogP contribution in [0.4, 0.5) is 4.39 Å². The fourth-order valence-electron chi connectivity index (χ4n) is 4.99. The van der Waals surface area contributed by atoms with Gasteiger partial charge < -0.3 is 24.6 Å². The first-order valence-corrected chi connectivity index (χ1v) is 12.0. The van der Waals surface area contributed by atoms with Gasteiger partial charge in [0.05, 0.1) is 0 Å². The number of piperidine rings is 1. The molecule has 3 heterocycles. The molecule has 1 atom stereocenters. The highest BCUT2D eigenvalue weighted by molar-refractivity contribution is 5.98.